The Morgan fingerprint density at radius 1 is 1.47 bits per heavy atom. The summed E-state index contributed by atoms with van der Waals surface area (Å²) in [5, 5.41) is 3.97. The number of hydrogen-bond donors (Lipinski definition) is 1. The van der Waals surface area contributed by atoms with Crippen LogP contribution in [0.3, 0.4) is 0 Å². The number of nitrogens with zero attached hydrogens (tertiary/aromatic N) is 3. The Labute approximate surface area is 108 Å². The molecule has 90 valence electrons. The molecule has 1 aromatic heterocycles. The van der Waals surface area contributed by atoms with E-state index in [2.05, 4.69) is 26.0 Å². The van der Waals surface area contributed by atoms with Gasteiger partial charge >= 0.3 is 0 Å². The maximum Gasteiger partial charge on any atom is 0.164 e. The van der Waals surface area contributed by atoms with Crippen LogP contribution < -0.4 is 10.5 Å². The molecule has 2 N–H and O–H groups in total. The topological polar surface area (TPSA) is 66.0 Å². The lowest BCUT2D eigenvalue weighted by molar-refractivity contribution is 0.289. The minimum absolute atomic E-state index is 0.350. The van der Waals surface area contributed by atoms with Gasteiger partial charge in [-0.15, -0.1) is 0 Å². The second-order valence-electron chi connectivity index (χ2n) is 3.73. The van der Waals surface area contributed by atoms with Gasteiger partial charge in [-0.1, -0.05) is 15.9 Å². The minimum Gasteiger partial charge on any atom is -0.483 e. The molecule has 0 bridgehead atoms. The molecule has 0 fully saturated rings. The van der Waals surface area contributed by atoms with E-state index in [0.29, 0.717) is 18.0 Å². The first-order valence-corrected chi connectivity index (χ1v) is 5.88. The Hall–Kier alpha value is -1.56. The predicted octanol–water partition coefficient (Wildman–Crippen LogP) is 2.05. The molecule has 6 heteroatoms. The third-order valence-electron chi connectivity index (χ3n) is 2.42. The lowest BCUT2D eigenvalue weighted by Crippen LogP contribution is -2.06. The van der Waals surface area contributed by atoms with Crippen molar-refractivity contribution in [2.75, 3.05) is 5.73 Å². The van der Waals surface area contributed by atoms with Crippen LogP contribution in [0.2, 0.25) is 0 Å². The quantitative estimate of drug-likeness (QED) is 0.881. The fourth-order valence-corrected chi connectivity index (χ4v) is 2.13. The molecule has 0 saturated heterocycles. The molecule has 5 nitrogen and oxygen atoms in total. The van der Waals surface area contributed by atoms with Gasteiger partial charge in [-0.25, -0.2) is 4.98 Å². The van der Waals surface area contributed by atoms with Crippen molar-refractivity contribution >= 4 is 21.6 Å². The van der Waals surface area contributed by atoms with Crippen LogP contribution in [0.25, 0.3) is 0 Å². The van der Waals surface area contributed by atoms with Gasteiger partial charge in [-0.05, 0) is 24.6 Å². The summed E-state index contributed by atoms with van der Waals surface area (Å²) in [6, 6.07) is 3.78. The van der Waals surface area contributed by atoms with Crippen LogP contribution in [0, 0.1) is 6.92 Å². The van der Waals surface area contributed by atoms with Crippen LogP contribution in [0.5, 0.6) is 5.75 Å². The van der Waals surface area contributed by atoms with Gasteiger partial charge in [0.2, 0.25) is 0 Å². The molecular formula is C11H13BrN4O. The highest BCUT2D eigenvalue weighted by Gasteiger charge is 2.08. The van der Waals surface area contributed by atoms with E-state index in [1.54, 1.807) is 4.68 Å². The number of halogens is 1. The number of aromatic nitrogens is 3. The largest absolute Gasteiger partial charge is 0.483 e. The normalized spacial score (nSPS) is 10.5. The first kappa shape index (κ1) is 11.9. The second kappa shape index (κ2) is 4.75. The van der Waals surface area contributed by atoms with E-state index in [-0.39, 0.29) is 0 Å². The Morgan fingerprint density at radius 2 is 2.24 bits per heavy atom. The number of ether oxygens (including phenoxy) is 1. The van der Waals surface area contributed by atoms with Crippen LogP contribution in [-0.4, -0.2) is 14.8 Å². The molecule has 2 aromatic rings. The summed E-state index contributed by atoms with van der Waals surface area (Å²) in [5.41, 5.74) is 7.50. The van der Waals surface area contributed by atoms with Gasteiger partial charge in [0, 0.05) is 11.5 Å². The van der Waals surface area contributed by atoms with Crippen molar-refractivity contribution in [2.24, 2.45) is 7.05 Å². The molecule has 0 radical (unpaired) electrons. The van der Waals surface area contributed by atoms with Gasteiger partial charge in [0.05, 0.1) is 5.69 Å². The molecule has 0 spiro atoms. The van der Waals surface area contributed by atoms with Crippen molar-refractivity contribution in [3.63, 3.8) is 0 Å². The summed E-state index contributed by atoms with van der Waals surface area (Å²) in [6.07, 6.45) is 1.50. The number of benzene rings is 1. The van der Waals surface area contributed by atoms with Crippen molar-refractivity contribution in [1.29, 1.82) is 0 Å². The van der Waals surface area contributed by atoms with Crippen LogP contribution >= 0.6 is 15.9 Å². The summed E-state index contributed by atoms with van der Waals surface area (Å²) < 4.78 is 8.29. The maximum atomic E-state index is 5.90. The third-order valence-corrected chi connectivity index (χ3v) is 2.88. The average Bonchev–Trinajstić information content (AvgIpc) is 2.62. The zero-order chi connectivity index (χ0) is 12.4. The Balaban J connectivity index is 2.17. The van der Waals surface area contributed by atoms with Gasteiger partial charge in [0.25, 0.3) is 0 Å². The highest BCUT2D eigenvalue weighted by Crippen LogP contribution is 2.30. The van der Waals surface area contributed by atoms with Gasteiger partial charge in [-0.2, -0.15) is 5.10 Å². The lowest BCUT2D eigenvalue weighted by atomic mass is 10.2. The maximum absolute atomic E-state index is 5.90. The number of nitrogens with two attached hydrogens (primary N) is 1. The molecule has 2 rings (SSSR count). The smallest absolute Gasteiger partial charge is 0.164 e. The summed E-state index contributed by atoms with van der Waals surface area (Å²) >= 11 is 3.39. The fraction of sp³-hybridized carbons (Fsp3) is 0.273. The zero-order valence-corrected chi connectivity index (χ0v) is 11.2. The van der Waals surface area contributed by atoms with Crippen LogP contribution in [0.15, 0.2) is 22.9 Å². The van der Waals surface area contributed by atoms with Gasteiger partial charge in [0.1, 0.15) is 18.7 Å². The highest BCUT2D eigenvalue weighted by molar-refractivity contribution is 9.10. The van der Waals surface area contributed by atoms with Gasteiger partial charge in [0.15, 0.2) is 5.82 Å². The Morgan fingerprint density at radius 3 is 2.82 bits per heavy atom. The summed E-state index contributed by atoms with van der Waals surface area (Å²) in [6.45, 7) is 2.30. The van der Waals surface area contributed by atoms with Crippen molar-refractivity contribution < 1.29 is 4.74 Å². The van der Waals surface area contributed by atoms with Crippen molar-refractivity contribution in [2.45, 2.75) is 13.5 Å². The van der Waals surface area contributed by atoms with Gasteiger partial charge < -0.3 is 10.5 Å². The number of nitrogen functional groups attached to an aromatic ring is 1. The second-order valence-corrected chi connectivity index (χ2v) is 4.65. The Kier molecular flexibility index (Phi) is 3.33. The van der Waals surface area contributed by atoms with Gasteiger partial charge in [-0.3, -0.25) is 4.68 Å². The molecule has 0 saturated carbocycles. The monoisotopic (exact) mass is 296 g/mol. The zero-order valence-electron chi connectivity index (χ0n) is 9.64. The number of hydrogen-bond acceptors (Lipinski definition) is 4. The molecule has 0 aliphatic rings. The molecule has 0 aliphatic heterocycles. The SMILES string of the molecule is Cc1cc(Br)cc(N)c1OCc1ncnn1C. The number of anilines is 1. The van der Waals surface area contributed by atoms with Crippen molar-refractivity contribution in [3.8, 4) is 5.75 Å². The summed E-state index contributed by atoms with van der Waals surface area (Å²) in [7, 11) is 1.82. The third kappa shape index (κ3) is 2.58. The molecular weight excluding hydrogens is 284 g/mol. The van der Waals surface area contributed by atoms with E-state index in [4.69, 9.17) is 10.5 Å². The molecule has 1 heterocycles. The molecule has 1 aromatic carbocycles. The molecule has 0 atom stereocenters. The summed E-state index contributed by atoms with van der Waals surface area (Å²) in [5.74, 6) is 1.45. The first-order chi connectivity index (χ1) is 8.08. The standard InChI is InChI=1S/C11H13BrN4O/c1-7-3-8(12)4-9(13)11(7)17-5-10-14-6-15-16(10)2/h3-4,6H,5,13H2,1-2H3. The van der Waals surface area contributed by atoms with Crippen LogP contribution in [0.1, 0.15) is 11.4 Å². The predicted molar refractivity (Wildman–Crippen MR) is 68.6 cm³/mol. The molecule has 17 heavy (non-hydrogen) atoms. The number of aryl methyl sites for hydroxylation is 2. The minimum atomic E-state index is 0.350. The van der Waals surface area contributed by atoms with E-state index >= 15 is 0 Å². The molecule has 0 unspecified atom stereocenters. The highest BCUT2D eigenvalue weighted by atomic mass is 79.9. The van der Waals surface area contributed by atoms with E-state index in [0.717, 1.165) is 15.9 Å². The van der Waals surface area contributed by atoms with E-state index in [1.807, 2.05) is 26.1 Å². The lowest BCUT2D eigenvalue weighted by Gasteiger charge is -2.11. The van der Waals surface area contributed by atoms with Crippen molar-refractivity contribution in [1.82, 2.24) is 14.8 Å². The average molecular weight is 297 g/mol. The number of rotatable bonds is 3. The molecule has 0 aliphatic carbocycles. The Bertz CT molecular complexity index is 515. The van der Waals surface area contributed by atoms with Crippen molar-refractivity contribution in [3.05, 3.63) is 34.3 Å². The van der Waals surface area contributed by atoms with Crippen LogP contribution in [-0.2, 0) is 13.7 Å². The van der Waals surface area contributed by atoms with E-state index in [9.17, 15) is 0 Å². The fourth-order valence-electron chi connectivity index (χ4n) is 1.54. The van der Waals surface area contributed by atoms with Crippen LogP contribution in [0.4, 0.5) is 5.69 Å². The van der Waals surface area contributed by atoms with E-state index < -0.39 is 0 Å². The first-order valence-electron chi connectivity index (χ1n) is 5.09. The molecule has 0 amide bonds. The van der Waals surface area contributed by atoms with E-state index in [1.165, 1.54) is 6.33 Å². The summed E-state index contributed by atoms with van der Waals surface area (Å²) in [4.78, 5) is 4.08.